The predicted molar refractivity (Wildman–Crippen MR) is 113 cm³/mol. The topological polar surface area (TPSA) is 90.9 Å². The van der Waals surface area contributed by atoms with Gasteiger partial charge in [-0.1, -0.05) is 6.92 Å². The van der Waals surface area contributed by atoms with Gasteiger partial charge in [0.15, 0.2) is 23.4 Å². The van der Waals surface area contributed by atoms with Gasteiger partial charge in [0.05, 0.1) is 18.8 Å². The molecule has 0 radical (unpaired) electrons. The van der Waals surface area contributed by atoms with Crippen LogP contribution in [0.2, 0.25) is 0 Å². The van der Waals surface area contributed by atoms with Crippen molar-refractivity contribution in [2.24, 2.45) is 0 Å². The van der Waals surface area contributed by atoms with E-state index in [0.717, 1.165) is 6.42 Å². The summed E-state index contributed by atoms with van der Waals surface area (Å²) >= 11 is 0. The summed E-state index contributed by atoms with van der Waals surface area (Å²) in [6, 6.07) is 11.2. The molecule has 1 N–H and O–H groups in total. The maximum absolute atomic E-state index is 12.5. The molecule has 0 aliphatic heterocycles. The number of nitrogens with one attached hydrogen (secondary N) is 1. The second-order valence-corrected chi connectivity index (χ2v) is 6.61. The highest BCUT2D eigenvalue weighted by molar-refractivity contribution is 5.98. The van der Waals surface area contributed by atoms with E-state index < -0.39 is 18.0 Å². The van der Waals surface area contributed by atoms with Gasteiger partial charge in [0.2, 0.25) is 0 Å². The van der Waals surface area contributed by atoms with Gasteiger partial charge >= 0.3 is 5.97 Å². The molecular weight excluding hydrogens is 386 g/mol. The first kappa shape index (κ1) is 22.9. The van der Waals surface area contributed by atoms with Crippen LogP contribution in [0.1, 0.15) is 54.8 Å². The number of carbonyl (C=O) groups is 3. The molecule has 0 saturated carbocycles. The first-order valence-corrected chi connectivity index (χ1v) is 9.88. The first-order chi connectivity index (χ1) is 14.3. The molecule has 0 bridgehead atoms. The Labute approximate surface area is 176 Å². The molecule has 0 aromatic heterocycles. The van der Waals surface area contributed by atoms with Gasteiger partial charge in [-0.05, 0) is 69.7 Å². The summed E-state index contributed by atoms with van der Waals surface area (Å²) in [6.45, 7) is 7.74. The van der Waals surface area contributed by atoms with Crippen LogP contribution in [0, 0.1) is 0 Å². The fourth-order valence-corrected chi connectivity index (χ4v) is 2.55. The van der Waals surface area contributed by atoms with Crippen molar-refractivity contribution >= 4 is 23.3 Å². The van der Waals surface area contributed by atoms with Crippen molar-refractivity contribution in [3.63, 3.8) is 0 Å². The van der Waals surface area contributed by atoms with Gasteiger partial charge in [-0.3, -0.25) is 9.59 Å². The van der Waals surface area contributed by atoms with Crippen molar-refractivity contribution in [1.29, 1.82) is 0 Å². The lowest BCUT2D eigenvalue weighted by atomic mass is 10.1. The molecule has 0 unspecified atom stereocenters. The van der Waals surface area contributed by atoms with Gasteiger partial charge in [-0.15, -0.1) is 0 Å². The molecule has 160 valence electrons. The number of hydrogen-bond acceptors (Lipinski definition) is 6. The number of amides is 1. The molecular formula is C23H27NO6. The summed E-state index contributed by atoms with van der Waals surface area (Å²) in [5.74, 6) is -0.190. The minimum absolute atomic E-state index is 0.0623. The second-order valence-electron chi connectivity index (χ2n) is 6.61. The summed E-state index contributed by atoms with van der Waals surface area (Å²) in [5, 5.41) is 2.66. The molecule has 0 fully saturated rings. The quantitative estimate of drug-likeness (QED) is 0.462. The Kier molecular flexibility index (Phi) is 8.41. The fraction of sp³-hybridized carbons (Fsp3) is 0.348. The molecule has 7 nitrogen and oxygen atoms in total. The molecule has 0 aliphatic carbocycles. The highest BCUT2D eigenvalue weighted by atomic mass is 16.5. The van der Waals surface area contributed by atoms with Crippen molar-refractivity contribution in [3.8, 4) is 11.5 Å². The van der Waals surface area contributed by atoms with Crippen LogP contribution in [0.4, 0.5) is 5.69 Å². The van der Waals surface area contributed by atoms with Crippen LogP contribution in [0.3, 0.4) is 0 Å². The maximum atomic E-state index is 12.5. The van der Waals surface area contributed by atoms with Gasteiger partial charge in [0.25, 0.3) is 5.91 Å². The molecule has 1 atom stereocenters. The number of hydrogen-bond donors (Lipinski definition) is 1. The van der Waals surface area contributed by atoms with Crippen LogP contribution < -0.4 is 14.8 Å². The number of carbonyl (C=O) groups excluding carboxylic acids is 3. The van der Waals surface area contributed by atoms with E-state index in [-0.39, 0.29) is 11.3 Å². The molecule has 2 rings (SSSR count). The molecule has 1 amide bonds. The van der Waals surface area contributed by atoms with E-state index in [0.29, 0.717) is 36.0 Å². The van der Waals surface area contributed by atoms with Crippen molar-refractivity contribution in [2.45, 2.75) is 40.2 Å². The molecule has 0 heterocycles. The SMILES string of the molecule is CCCOc1ccc(C(=O)O[C@H](C)C(=O)Nc2ccc(C(C)=O)cc2)cc1OCC. The number of rotatable bonds is 10. The largest absolute Gasteiger partial charge is 0.490 e. The Morgan fingerprint density at radius 3 is 2.20 bits per heavy atom. The average Bonchev–Trinajstić information content (AvgIpc) is 2.73. The third-order valence-corrected chi connectivity index (χ3v) is 4.15. The zero-order valence-electron chi connectivity index (χ0n) is 17.7. The predicted octanol–water partition coefficient (Wildman–Crippen LogP) is 4.26. The van der Waals surface area contributed by atoms with E-state index in [1.54, 1.807) is 42.5 Å². The van der Waals surface area contributed by atoms with E-state index in [9.17, 15) is 14.4 Å². The Balaban J connectivity index is 2.02. The summed E-state index contributed by atoms with van der Waals surface area (Å²) in [4.78, 5) is 36.1. The lowest BCUT2D eigenvalue weighted by Crippen LogP contribution is -2.30. The van der Waals surface area contributed by atoms with Crippen LogP contribution in [-0.2, 0) is 9.53 Å². The minimum Gasteiger partial charge on any atom is -0.490 e. The van der Waals surface area contributed by atoms with Crippen LogP contribution in [0.5, 0.6) is 11.5 Å². The smallest absolute Gasteiger partial charge is 0.339 e. The van der Waals surface area contributed by atoms with Gasteiger partial charge < -0.3 is 19.5 Å². The van der Waals surface area contributed by atoms with E-state index in [1.807, 2.05) is 13.8 Å². The molecule has 30 heavy (non-hydrogen) atoms. The molecule has 0 spiro atoms. The Hall–Kier alpha value is -3.35. The standard InChI is InChI=1S/C23H27NO6/c1-5-13-29-20-12-9-18(14-21(20)28-6-2)23(27)30-16(4)22(26)24-19-10-7-17(8-11-19)15(3)25/h7-12,14,16H,5-6,13H2,1-4H3,(H,24,26)/t16-/m1/s1. The highest BCUT2D eigenvalue weighted by Gasteiger charge is 2.20. The zero-order chi connectivity index (χ0) is 22.1. The maximum Gasteiger partial charge on any atom is 0.339 e. The average molecular weight is 413 g/mol. The number of Topliss-reactive ketones (excluding diaryl/α,β-unsaturated/α-hetero) is 1. The Morgan fingerprint density at radius 1 is 0.933 bits per heavy atom. The highest BCUT2D eigenvalue weighted by Crippen LogP contribution is 2.29. The summed E-state index contributed by atoms with van der Waals surface area (Å²) in [5.41, 5.74) is 1.31. The lowest BCUT2D eigenvalue weighted by molar-refractivity contribution is -0.123. The Bertz CT molecular complexity index is 891. The van der Waals surface area contributed by atoms with Crippen molar-refractivity contribution in [2.75, 3.05) is 18.5 Å². The summed E-state index contributed by atoms with van der Waals surface area (Å²) in [7, 11) is 0. The Morgan fingerprint density at radius 2 is 1.60 bits per heavy atom. The normalized spacial score (nSPS) is 11.3. The number of anilines is 1. The van der Waals surface area contributed by atoms with Gasteiger partial charge in [-0.2, -0.15) is 0 Å². The van der Waals surface area contributed by atoms with Crippen LogP contribution in [0.25, 0.3) is 0 Å². The van der Waals surface area contributed by atoms with Gasteiger partial charge in [0.1, 0.15) is 0 Å². The van der Waals surface area contributed by atoms with Crippen molar-refractivity contribution in [3.05, 3.63) is 53.6 Å². The second kappa shape index (κ2) is 11.0. The van der Waals surface area contributed by atoms with Crippen LogP contribution >= 0.6 is 0 Å². The van der Waals surface area contributed by atoms with Gasteiger partial charge in [-0.25, -0.2) is 4.79 Å². The third-order valence-electron chi connectivity index (χ3n) is 4.15. The fourth-order valence-electron chi connectivity index (χ4n) is 2.55. The lowest BCUT2D eigenvalue weighted by Gasteiger charge is -2.15. The number of esters is 1. The third kappa shape index (κ3) is 6.34. The molecule has 2 aromatic carbocycles. The summed E-state index contributed by atoms with van der Waals surface area (Å²) in [6.07, 6.45) is -0.170. The number of ketones is 1. The molecule has 7 heteroatoms. The first-order valence-electron chi connectivity index (χ1n) is 9.88. The van der Waals surface area contributed by atoms with Gasteiger partial charge in [0, 0.05) is 11.3 Å². The summed E-state index contributed by atoms with van der Waals surface area (Å²) < 4.78 is 16.5. The van der Waals surface area contributed by atoms with Crippen LogP contribution in [0.15, 0.2) is 42.5 Å². The van der Waals surface area contributed by atoms with E-state index in [4.69, 9.17) is 14.2 Å². The van der Waals surface area contributed by atoms with E-state index in [2.05, 4.69) is 5.32 Å². The molecule has 0 saturated heterocycles. The van der Waals surface area contributed by atoms with E-state index in [1.165, 1.54) is 13.8 Å². The zero-order valence-corrected chi connectivity index (χ0v) is 17.7. The van der Waals surface area contributed by atoms with Crippen molar-refractivity contribution in [1.82, 2.24) is 0 Å². The molecule has 0 aliphatic rings. The minimum atomic E-state index is -1.02. The monoisotopic (exact) mass is 413 g/mol. The van der Waals surface area contributed by atoms with Crippen molar-refractivity contribution < 1.29 is 28.6 Å². The molecule has 2 aromatic rings. The number of benzene rings is 2. The number of ether oxygens (including phenoxy) is 3. The van der Waals surface area contributed by atoms with E-state index >= 15 is 0 Å². The van der Waals surface area contributed by atoms with Crippen LogP contribution in [-0.4, -0.2) is 37.0 Å².